The van der Waals surface area contributed by atoms with Crippen molar-refractivity contribution in [2.24, 2.45) is 0 Å². The van der Waals surface area contributed by atoms with E-state index in [4.69, 9.17) is 21.1 Å². The maximum absolute atomic E-state index is 12.3. The average Bonchev–Trinajstić information content (AvgIpc) is 2.71. The number of hydrogen-bond acceptors (Lipinski definition) is 5. The van der Waals surface area contributed by atoms with Gasteiger partial charge in [0.15, 0.2) is 11.5 Å². The van der Waals surface area contributed by atoms with Gasteiger partial charge in [-0.2, -0.15) is 5.26 Å². The predicted octanol–water partition coefficient (Wildman–Crippen LogP) is 3.84. The highest BCUT2D eigenvalue weighted by Gasteiger charge is 2.11. The van der Waals surface area contributed by atoms with E-state index in [1.807, 2.05) is 24.3 Å². The fourth-order valence-electron chi connectivity index (χ4n) is 2.51. The van der Waals surface area contributed by atoms with Crippen LogP contribution in [0.2, 0.25) is 5.02 Å². The van der Waals surface area contributed by atoms with Gasteiger partial charge < -0.3 is 20.1 Å². The lowest BCUT2D eigenvalue weighted by Crippen LogP contribution is -2.18. The Hall–Kier alpha value is -3.17. The lowest BCUT2D eigenvalue weighted by Gasteiger charge is -2.10. The zero-order chi connectivity index (χ0) is 20.5. The van der Waals surface area contributed by atoms with Crippen LogP contribution in [-0.2, 0) is 11.2 Å². The van der Waals surface area contributed by atoms with Crippen molar-refractivity contribution in [3.63, 3.8) is 0 Å². The molecule has 0 unspecified atom stereocenters. The van der Waals surface area contributed by atoms with E-state index in [0.717, 1.165) is 11.1 Å². The maximum atomic E-state index is 12.3. The third kappa shape index (κ3) is 5.41. The summed E-state index contributed by atoms with van der Waals surface area (Å²) in [6.45, 7) is 2.35. The molecule has 0 aliphatic rings. The van der Waals surface area contributed by atoms with Crippen LogP contribution in [0.15, 0.2) is 48.2 Å². The summed E-state index contributed by atoms with van der Waals surface area (Å²) in [6.07, 6.45) is 2.10. The van der Waals surface area contributed by atoms with Crippen molar-refractivity contribution in [2.45, 2.75) is 13.3 Å². The largest absolute Gasteiger partial charge is 0.493 e. The van der Waals surface area contributed by atoms with Gasteiger partial charge in [0.2, 0.25) is 0 Å². The molecule has 6 nitrogen and oxygen atoms in total. The molecule has 0 spiro atoms. The van der Waals surface area contributed by atoms with Crippen molar-refractivity contribution in [1.82, 2.24) is 5.32 Å². The number of nitrogens with one attached hydrogen (secondary N) is 2. The first-order valence-electron chi connectivity index (χ1n) is 8.61. The second kappa shape index (κ2) is 10.2. The highest BCUT2D eigenvalue weighted by molar-refractivity contribution is 6.31. The Morgan fingerprint density at radius 2 is 1.96 bits per heavy atom. The first-order valence-corrected chi connectivity index (χ1v) is 8.99. The minimum absolute atomic E-state index is 0.0216. The number of rotatable bonds is 8. The van der Waals surface area contributed by atoms with Crippen LogP contribution in [-0.4, -0.2) is 26.7 Å². The van der Waals surface area contributed by atoms with E-state index in [0.29, 0.717) is 35.2 Å². The number of benzene rings is 2. The number of hydrogen-bond donors (Lipinski definition) is 2. The predicted molar refractivity (Wildman–Crippen MR) is 110 cm³/mol. The number of methoxy groups -OCH3 is 2. The van der Waals surface area contributed by atoms with Gasteiger partial charge in [-0.1, -0.05) is 23.7 Å². The van der Waals surface area contributed by atoms with Gasteiger partial charge in [0.25, 0.3) is 5.91 Å². The lowest BCUT2D eigenvalue weighted by molar-refractivity contribution is -0.112. The molecule has 0 radical (unpaired) electrons. The van der Waals surface area contributed by atoms with Crippen LogP contribution < -0.4 is 20.1 Å². The number of ether oxygens (including phenoxy) is 2. The Kier molecular flexibility index (Phi) is 7.73. The third-order valence-electron chi connectivity index (χ3n) is 4.13. The molecule has 2 aromatic rings. The SMILES string of the molecule is COc1ccc(CCN/C=C(/C#N)C(=O)Nc2cccc(Cl)c2C)cc1OC. The molecule has 0 aliphatic heterocycles. The maximum Gasteiger partial charge on any atom is 0.267 e. The summed E-state index contributed by atoms with van der Waals surface area (Å²) in [4.78, 5) is 12.3. The van der Waals surface area contributed by atoms with Crippen molar-refractivity contribution >= 4 is 23.2 Å². The topological polar surface area (TPSA) is 83.4 Å². The average molecular weight is 400 g/mol. The molecule has 2 aromatic carbocycles. The summed E-state index contributed by atoms with van der Waals surface area (Å²) in [7, 11) is 3.17. The molecule has 0 atom stereocenters. The van der Waals surface area contributed by atoms with E-state index in [1.54, 1.807) is 39.3 Å². The van der Waals surface area contributed by atoms with Crippen LogP contribution in [0.5, 0.6) is 11.5 Å². The summed E-state index contributed by atoms with van der Waals surface area (Å²) in [5.41, 5.74) is 2.34. The molecule has 146 valence electrons. The van der Waals surface area contributed by atoms with Crippen molar-refractivity contribution < 1.29 is 14.3 Å². The molecule has 28 heavy (non-hydrogen) atoms. The fraction of sp³-hybridized carbons (Fsp3) is 0.238. The number of carbonyl (C=O) groups excluding carboxylic acids is 1. The van der Waals surface area contributed by atoms with Crippen molar-refractivity contribution in [3.8, 4) is 17.6 Å². The van der Waals surface area contributed by atoms with E-state index in [-0.39, 0.29) is 5.57 Å². The molecule has 0 fully saturated rings. The van der Waals surface area contributed by atoms with Crippen LogP contribution in [0.1, 0.15) is 11.1 Å². The van der Waals surface area contributed by atoms with Crippen molar-refractivity contribution in [2.75, 3.05) is 26.1 Å². The van der Waals surface area contributed by atoms with E-state index in [9.17, 15) is 10.1 Å². The van der Waals surface area contributed by atoms with Gasteiger partial charge >= 0.3 is 0 Å². The summed E-state index contributed by atoms with van der Waals surface area (Å²) in [5, 5.41) is 15.5. The normalized spacial score (nSPS) is 10.8. The van der Waals surface area contributed by atoms with E-state index in [1.165, 1.54) is 6.20 Å². The van der Waals surface area contributed by atoms with Crippen LogP contribution in [0, 0.1) is 18.3 Å². The standard InChI is InChI=1S/C21H22ClN3O3/c1-14-17(22)5-4-6-18(14)25-21(26)16(12-23)13-24-10-9-15-7-8-19(27-2)20(11-15)28-3/h4-8,11,13,24H,9-10H2,1-3H3,(H,25,26)/b16-13-. The van der Waals surface area contributed by atoms with Crippen molar-refractivity contribution in [1.29, 1.82) is 5.26 Å². The highest BCUT2D eigenvalue weighted by Crippen LogP contribution is 2.27. The Morgan fingerprint density at radius 1 is 1.21 bits per heavy atom. The van der Waals surface area contributed by atoms with Gasteiger partial charge in [-0.05, 0) is 48.7 Å². The smallest absolute Gasteiger partial charge is 0.267 e. The monoisotopic (exact) mass is 399 g/mol. The minimum atomic E-state index is -0.494. The quantitative estimate of drug-likeness (QED) is 0.400. The Morgan fingerprint density at radius 3 is 2.64 bits per heavy atom. The molecule has 0 saturated heterocycles. The molecule has 0 aliphatic carbocycles. The minimum Gasteiger partial charge on any atom is -0.493 e. The molecule has 2 N–H and O–H groups in total. The third-order valence-corrected chi connectivity index (χ3v) is 4.54. The summed E-state index contributed by atoms with van der Waals surface area (Å²) in [6, 6.07) is 12.8. The first kappa shape index (κ1) is 21.1. The lowest BCUT2D eigenvalue weighted by atomic mass is 10.1. The molecule has 0 heterocycles. The molecule has 2 rings (SSSR count). The first-order chi connectivity index (χ1) is 13.5. The van der Waals surface area contributed by atoms with Gasteiger partial charge in [-0.3, -0.25) is 4.79 Å². The number of amides is 1. The van der Waals surface area contributed by atoms with Crippen LogP contribution in [0.25, 0.3) is 0 Å². The molecular weight excluding hydrogens is 378 g/mol. The number of nitriles is 1. The van der Waals surface area contributed by atoms with Gasteiger partial charge in [0.05, 0.1) is 14.2 Å². The molecule has 0 bridgehead atoms. The number of halogens is 1. The highest BCUT2D eigenvalue weighted by atomic mass is 35.5. The van der Waals surface area contributed by atoms with Crippen LogP contribution in [0.4, 0.5) is 5.69 Å². The molecule has 0 saturated carbocycles. The van der Waals surface area contributed by atoms with E-state index < -0.39 is 5.91 Å². The molecular formula is C21H22ClN3O3. The summed E-state index contributed by atoms with van der Waals surface area (Å²) < 4.78 is 10.5. The second-order valence-electron chi connectivity index (χ2n) is 5.93. The van der Waals surface area contributed by atoms with Crippen LogP contribution in [0.3, 0.4) is 0 Å². The van der Waals surface area contributed by atoms with Gasteiger partial charge in [0.1, 0.15) is 11.6 Å². The molecule has 0 aromatic heterocycles. The zero-order valence-electron chi connectivity index (χ0n) is 16.0. The Balaban J connectivity index is 1.95. The second-order valence-corrected chi connectivity index (χ2v) is 6.34. The molecule has 7 heteroatoms. The zero-order valence-corrected chi connectivity index (χ0v) is 16.8. The Bertz CT molecular complexity index is 920. The number of anilines is 1. The van der Waals surface area contributed by atoms with Crippen LogP contribution >= 0.6 is 11.6 Å². The van der Waals surface area contributed by atoms with Crippen molar-refractivity contribution in [3.05, 3.63) is 64.3 Å². The molecule has 1 amide bonds. The summed E-state index contributed by atoms with van der Waals surface area (Å²) in [5.74, 6) is 0.829. The van der Waals surface area contributed by atoms with Gasteiger partial charge in [0, 0.05) is 23.5 Å². The Labute approximate surface area is 169 Å². The number of carbonyl (C=O) groups is 1. The van der Waals surface area contributed by atoms with Gasteiger partial charge in [-0.15, -0.1) is 0 Å². The summed E-state index contributed by atoms with van der Waals surface area (Å²) >= 11 is 6.05. The van der Waals surface area contributed by atoms with Gasteiger partial charge in [-0.25, -0.2) is 0 Å². The van der Waals surface area contributed by atoms with E-state index >= 15 is 0 Å². The fourth-order valence-corrected chi connectivity index (χ4v) is 2.68. The van der Waals surface area contributed by atoms with E-state index in [2.05, 4.69) is 10.6 Å². The number of nitrogens with zero attached hydrogens (tertiary/aromatic N) is 1.